The highest BCUT2D eigenvalue weighted by molar-refractivity contribution is 7.99. The van der Waals surface area contributed by atoms with Crippen LogP contribution in [0.5, 0.6) is 0 Å². The Bertz CT molecular complexity index is 1040. The molecule has 1 aliphatic heterocycles. The van der Waals surface area contributed by atoms with Crippen LogP contribution >= 0.6 is 11.8 Å². The van der Waals surface area contributed by atoms with Crippen molar-refractivity contribution in [1.82, 2.24) is 14.9 Å². The van der Waals surface area contributed by atoms with Gasteiger partial charge in [-0.25, -0.2) is 14.8 Å². The number of hydrogen-bond acceptors (Lipinski definition) is 5. The number of urea groups is 1. The number of carbonyl (C=O) groups is 1. The SMILES string of the molecule is Cc1cc(Sc2ncccn2)ccc1NC(=O)N(C)Cc1ccccc1N1CCCC1. The number of rotatable bonds is 6. The van der Waals surface area contributed by atoms with Crippen molar-refractivity contribution >= 4 is 29.2 Å². The zero-order valence-electron chi connectivity index (χ0n) is 17.9. The van der Waals surface area contributed by atoms with Crippen LogP contribution in [0.15, 0.2) is 71.0 Å². The topological polar surface area (TPSA) is 61.4 Å². The van der Waals surface area contributed by atoms with E-state index in [4.69, 9.17) is 0 Å². The molecule has 160 valence electrons. The van der Waals surface area contributed by atoms with E-state index in [1.165, 1.54) is 35.9 Å². The molecule has 0 bridgehead atoms. The van der Waals surface area contributed by atoms with Gasteiger partial charge in [-0.3, -0.25) is 0 Å². The first-order chi connectivity index (χ1) is 15.1. The van der Waals surface area contributed by atoms with Gasteiger partial charge >= 0.3 is 6.03 Å². The zero-order valence-corrected chi connectivity index (χ0v) is 18.7. The van der Waals surface area contributed by atoms with Crippen molar-refractivity contribution in [3.8, 4) is 0 Å². The van der Waals surface area contributed by atoms with Crippen LogP contribution < -0.4 is 10.2 Å². The third-order valence-electron chi connectivity index (χ3n) is 5.38. The van der Waals surface area contributed by atoms with Gasteiger partial charge in [0.2, 0.25) is 0 Å². The highest BCUT2D eigenvalue weighted by Gasteiger charge is 2.18. The Balaban J connectivity index is 1.40. The molecule has 1 fully saturated rings. The van der Waals surface area contributed by atoms with Crippen molar-refractivity contribution in [3.63, 3.8) is 0 Å². The molecule has 1 aliphatic rings. The molecule has 1 saturated heterocycles. The number of aryl methyl sites for hydroxylation is 1. The van der Waals surface area contributed by atoms with Crippen LogP contribution in [-0.2, 0) is 6.54 Å². The fraction of sp³-hybridized carbons (Fsp3) is 0.292. The summed E-state index contributed by atoms with van der Waals surface area (Å²) >= 11 is 1.50. The minimum Gasteiger partial charge on any atom is -0.371 e. The van der Waals surface area contributed by atoms with Gasteiger partial charge in [-0.15, -0.1) is 0 Å². The number of anilines is 2. The average Bonchev–Trinajstić information content (AvgIpc) is 3.31. The molecule has 0 saturated carbocycles. The summed E-state index contributed by atoms with van der Waals surface area (Å²) in [6.45, 7) is 4.74. The predicted molar refractivity (Wildman–Crippen MR) is 126 cm³/mol. The normalized spacial score (nSPS) is 13.3. The molecule has 1 N–H and O–H groups in total. The third kappa shape index (κ3) is 5.35. The van der Waals surface area contributed by atoms with E-state index in [-0.39, 0.29) is 6.03 Å². The molecule has 0 spiro atoms. The van der Waals surface area contributed by atoms with Crippen molar-refractivity contribution in [3.05, 3.63) is 72.1 Å². The number of amides is 2. The Morgan fingerprint density at radius 2 is 1.84 bits per heavy atom. The van der Waals surface area contributed by atoms with E-state index in [1.54, 1.807) is 23.4 Å². The summed E-state index contributed by atoms with van der Waals surface area (Å²) in [5.41, 5.74) is 4.22. The monoisotopic (exact) mass is 433 g/mol. The van der Waals surface area contributed by atoms with Crippen LogP contribution in [0, 0.1) is 6.92 Å². The number of aromatic nitrogens is 2. The van der Waals surface area contributed by atoms with Crippen LogP contribution in [0.25, 0.3) is 0 Å². The molecule has 0 atom stereocenters. The van der Waals surface area contributed by atoms with E-state index in [9.17, 15) is 4.79 Å². The molecule has 7 heteroatoms. The van der Waals surface area contributed by atoms with Gasteiger partial charge in [-0.1, -0.05) is 18.2 Å². The smallest absolute Gasteiger partial charge is 0.321 e. The molecule has 3 aromatic rings. The molecule has 2 aromatic carbocycles. The summed E-state index contributed by atoms with van der Waals surface area (Å²) < 4.78 is 0. The Morgan fingerprint density at radius 1 is 1.10 bits per heavy atom. The summed E-state index contributed by atoms with van der Waals surface area (Å²) in [6.07, 6.45) is 5.92. The van der Waals surface area contributed by atoms with Crippen molar-refractivity contribution in [2.45, 2.75) is 36.4 Å². The number of nitrogens with one attached hydrogen (secondary N) is 1. The minimum absolute atomic E-state index is 0.119. The average molecular weight is 434 g/mol. The van der Waals surface area contributed by atoms with Gasteiger partial charge in [0.15, 0.2) is 5.16 Å². The van der Waals surface area contributed by atoms with E-state index in [1.807, 2.05) is 38.2 Å². The number of benzene rings is 2. The second-order valence-electron chi connectivity index (χ2n) is 7.72. The largest absolute Gasteiger partial charge is 0.371 e. The van der Waals surface area contributed by atoms with Crippen molar-refractivity contribution in [2.75, 3.05) is 30.4 Å². The molecule has 0 unspecified atom stereocenters. The number of para-hydroxylation sites is 1. The van der Waals surface area contributed by atoms with Crippen LogP contribution in [0.4, 0.5) is 16.2 Å². The second-order valence-corrected chi connectivity index (χ2v) is 8.76. The van der Waals surface area contributed by atoms with E-state index in [0.717, 1.165) is 29.2 Å². The minimum atomic E-state index is -0.119. The van der Waals surface area contributed by atoms with Crippen molar-refractivity contribution < 1.29 is 4.79 Å². The molecule has 31 heavy (non-hydrogen) atoms. The Morgan fingerprint density at radius 3 is 2.58 bits per heavy atom. The predicted octanol–water partition coefficient (Wildman–Crippen LogP) is 5.20. The van der Waals surface area contributed by atoms with E-state index < -0.39 is 0 Å². The van der Waals surface area contributed by atoms with Crippen LogP contribution in [0.2, 0.25) is 0 Å². The molecule has 0 radical (unpaired) electrons. The lowest BCUT2D eigenvalue weighted by molar-refractivity contribution is 0.220. The lowest BCUT2D eigenvalue weighted by Gasteiger charge is -2.25. The van der Waals surface area contributed by atoms with Crippen molar-refractivity contribution in [2.24, 2.45) is 0 Å². The number of nitrogens with zero attached hydrogens (tertiary/aromatic N) is 4. The highest BCUT2D eigenvalue weighted by atomic mass is 32.2. The molecule has 2 heterocycles. The van der Waals surface area contributed by atoms with E-state index in [2.05, 4.69) is 38.4 Å². The van der Waals surface area contributed by atoms with Gasteiger partial charge in [-0.2, -0.15) is 0 Å². The second kappa shape index (κ2) is 9.83. The first-order valence-electron chi connectivity index (χ1n) is 10.5. The van der Waals surface area contributed by atoms with E-state index >= 15 is 0 Å². The maximum atomic E-state index is 12.9. The van der Waals surface area contributed by atoms with E-state index in [0.29, 0.717) is 11.7 Å². The van der Waals surface area contributed by atoms with Gasteiger partial charge in [-0.05, 0) is 73.0 Å². The van der Waals surface area contributed by atoms with Gasteiger partial charge in [0, 0.05) is 55.3 Å². The molecular weight excluding hydrogens is 406 g/mol. The van der Waals surface area contributed by atoms with Gasteiger partial charge in [0.05, 0.1) is 0 Å². The quantitative estimate of drug-likeness (QED) is 0.542. The molecule has 2 amide bonds. The summed E-state index contributed by atoms with van der Waals surface area (Å²) in [5.74, 6) is 0. The standard InChI is InChI=1S/C24H27N5OS/c1-18-16-20(31-23-25-12-7-13-26-23)10-11-21(18)27-24(30)28(2)17-19-8-3-4-9-22(19)29-14-5-6-15-29/h3-4,7-13,16H,5-6,14-15,17H2,1-2H3,(H,27,30). The van der Waals surface area contributed by atoms with Gasteiger partial charge in [0.1, 0.15) is 0 Å². The van der Waals surface area contributed by atoms with Crippen LogP contribution in [-0.4, -0.2) is 41.0 Å². The van der Waals surface area contributed by atoms with Gasteiger partial charge in [0.25, 0.3) is 0 Å². The Labute approximate surface area is 187 Å². The number of hydrogen-bond donors (Lipinski definition) is 1. The summed E-state index contributed by atoms with van der Waals surface area (Å²) in [4.78, 5) is 26.5. The summed E-state index contributed by atoms with van der Waals surface area (Å²) in [6, 6.07) is 16.0. The number of carbonyl (C=O) groups excluding carboxylic acids is 1. The Kier molecular flexibility index (Phi) is 6.72. The molecule has 1 aromatic heterocycles. The fourth-order valence-corrected chi connectivity index (χ4v) is 4.54. The maximum absolute atomic E-state index is 12.9. The Hall–Kier alpha value is -3.06. The van der Waals surface area contributed by atoms with Crippen LogP contribution in [0.3, 0.4) is 0 Å². The lowest BCUT2D eigenvalue weighted by atomic mass is 10.1. The fourth-order valence-electron chi connectivity index (χ4n) is 3.73. The third-order valence-corrected chi connectivity index (χ3v) is 6.27. The molecule has 0 aliphatic carbocycles. The first-order valence-corrected chi connectivity index (χ1v) is 11.3. The molecule has 6 nitrogen and oxygen atoms in total. The maximum Gasteiger partial charge on any atom is 0.321 e. The summed E-state index contributed by atoms with van der Waals surface area (Å²) in [5, 5.41) is 3.75. The molecule has 4 rings (SSSR count). The van der Waals surface area contributed by atoms with Crippen LogP contribution in [0.1, 0.15) is 24.0 Å². The summed E-state index contributed by atoms with van der Waals surface area (Å²) in [7, 11) is 1.84. The lowest BCUT2D eigenvalue weighted by Crippen LogP contribution is -2.32. The van der Waals surface area contributed by atoms with Crippen molar-refractivity contribution in [1.29, 1.82) is 0 Å². The molecular formula is C24H27N5OS. The zero-order chi connectivity index (χ0) is 21.6. The van der Waals surface area contributed by atoms with Gasteiger partial charge < -0.3 is 15.1 Å². The highest BCUT2D eigenvalue weighted by Crippen LogP contribution is 2.29. The first kappa shape index (κ1) is 21.2.